The van der Waals surface area contributed by atoms with Crippen LogP contribution >= 0.6 is 0 Å². The summed E-state index contributed by atoms with van der Waals surface area (Å²) in [7, 11) is 6.87. The fourth-order valence-electron chi connectivity index (χ4n) is 2.36. The second kappa shape index (κ2) is 10.8. The summed E-state index contributed by atoms with van der Waals surface area (Å²) < 4.78 is 11.1. The van der Waals surface area contributed by atoms with Gasteiger partial charge in [0.1, 0.15) is 5.75 Å². The number of amides is 1. The lowest BCUT2D eigenvalue weighted by Gasteiger charge is -2.30. The summed E-state index contributed by atoms with van der Waals surface area (Å²) in [5.74, 6) is 1.30. The van der Waals surface area contributed by atoms with Gasteiger partial charge < -0.3 is 25.0 Å². The van der Waals surface area contributed by atoms with E-state index in [1.165, 1.54) is 4.90 Å². The molecule has 0 aliphatic heterocycles. The second-order valence-corrected chi connectivity index (χ2v) is 7.62. The third kappa shape index (κ3) is 8.30. The summed E-state index contributed by atoms with van der Waals surface area (Å²) in [4.78, 5) is 17.4. The topological polar surface area (TPSA) is 75.2 Å². The minimum Gasteiger partial charge on any atom is -0.484 e. The van der Waals surface area contributed by atoms with Crippen LogP contribution in [0, 0.1) is 5.41 Å². The van der Waals surface area contributed by atoms with Crippen molar-refractivity contribution < 1.29 is 14.3 Å². The highest BCUT2D eigenvalue weighted by atomic mass is 16.5. The van der Waals surface area contributed by atoms with Gasteiger partial charge in [0, 0.05) is 41.3 Å². The van der Waals surface area contributed by atoms with Gasteiger partial charge in [0.2, 0.25) is 0 Å². The highest BCUT2D eigenvalue weighted by molar-refractivity contribution is 5.79. The lowest BCUT2D eigenvalue weighted by Crippen LogP contribution is -2.45. The molecule has 0 saturated carbocycles. The van der Waals surface area contributed by atoms with E-state index in [-0.39, 0.29) is 24.0 Å². The van der Waals surface area contributed by atoms with Gasteiger partial charge in [-0.3, -0.25) is 9.79 Å². The Morgan fingerprint density at radius 3 is 2.52 bits per heavy atom. The number of hydrogen-bond donors (Lipinski definition) is 2. The molecule has 0 saturated heterocycles. The number of carbonyl (C=O) groups excluding carboxylic acids is 1. The molecule has 1 rings (SSSR count). The van der Waals surface area contributed by atoms with Gasteiger partial charge in [-0.1, -0.05) is 32.9 Å². The molecule has 0 radical (unpaired) electrons. The van der Waals surface area contributed by atoms with Crippen molar-refractivity contribution in [3.63, 3.8) is 0 Å². The van der Waals surface area contributed by atoms with Gasteiger partial charge in [-0.2, -0.15) is 0 Å². The molecule has 1 aromatic rings. The summed E-state index contributed by atoms with van der Waals surface area (Å²) in [5.41, 5.74) is 1.07. The second-order valence-electron chi connectivity index (χ2n) is 7.62. The van der Waals surface area contributed by atoms with Gasteiger partial charge in [0.05, 0.1) is 6.10 Å². The van der Waals surface area contributed by atoms with E-state index in [4.69, 9.17) is 9.47 Å². The van der Waals surface area contributed by atoms with Crippen LogP contribution in [0.5, 0.6) is 5.75 Å². The first-order valence-corrected chi connectivity index (χ1v) is 9.06. The van der Waals surface area contributed by atoms with Crippen molar-refractivity contribution in [3.05, 3.63) is 29.8 Å². The molecule has 0 aliphatic rings. The van der Waals surface area contributed by atoms with Crippen LogP contribution in [-0.4, -0.2) is 64.3 Å². The highest BCUT2D eigenvalue weighted by Crippen LogP contribution is 2.20. The van der Waals surface area contributed by atoms with Crippen molar-refractivity contribution in [2.24, 2.45) is 10.4 Å². The molecule has 0 bridgehead atoms. The van der Waals surface area contributed by atoms with Gasteiger partial charge in [-0.05, 0) is 23.1 Å². The van der Waals surface area contributed by atoms with Crippen molar-refractivity contribution >= 4 is 11.9 Å². The monoisotopic (exact) mass is 378 g/mol. The van der Waals surface area contributed by atoms with Crippen molar-refractivity contribution in [2.45, 2.75) is 33.4 Å². The zero-order valence-corrected chi connectivity index (χ0v) is 17.6. The molecule has 1 amide bonds. The van der Waals surface area contributed by atoms with Gasteiger partial charge >= 0.3 is 0 Å². The number of methoxy groups -OCH3 is 1. The van der Waals surface area contributed by atoms with E-state index in [1.807, 2.05) is 24.3 Å². The number of hydrogen-bond acceptors (Lipinski definition) is 4. The number of rotatable bonds is 8. The fraction of sp³-hybridized carbons (Fsp3) is 0.600. The molecule has 0 heterocycles. The normalized spacial score (nSPS) is 13.1. The molecule has 0 aliphatic carbocycles. The Bertz CT molecular complexity index is 624. The maximum absolute atomic E-state index is 11.6. The summed E-state index contributed by atoms with van der Waals surface area (Å²) in [6, 6.07) is 7.65. The standard InChI is InChI=1S/C20H34N4O3/c1-20(2,3)17(26-7)13-23-19(21-4)22-12-15-9-8-10-16(11-15)27-14-18(25)24(5)6/h8-11,17H,12-14H2,1-7H3,(H2,21,22,23). The highest BCUT2D eigenvalue weighted by Gasteiger charge is 2.24. The molecule has 7 nitrogen and oxygen atoms in total. The van der Waals surface area contributed by atoms with Crippen LogP contribution in [0.15, 0.2) is 29.3 Å². The summed E-state index contributed by atoms with van der Waals surface area (Å²) in [5, 5.41) is 6.58. The molecule has 152 valence electrons. The van der Waals surface area contributed by atoms with Gasteiger partial charge in [-0.15, -0.1) is 0 Å². The molecule has 0 spiro atoms. The largest absolute Gasteiger partial charge is 0.484 e. The summed E-state index contributed by atoms with van der Waals surface area (Å²) in [6.45, 7) is 7.71. The van der Waals surface area contributed by atoms with Crippen LogP contribution in [0.4, 0.5) is 0 Å². The Morgan fingerprint density at radius 1 is 1.26 bits per heavy atom. The van der Waals surface area contributed by atoms with E-state index in [2.05, 4.69) is 36.4 Å². The predicted molar refractivity (Wildman–Crippen MR) is 109 cm³/mol. The SMILES string of the molecule is CN=C(NCc1cccc(OCC(=O)N(C)C)c1)NCC(OC)C(C)(C)C. The van der Waals surface area contributed by atoms with Crippen LogP contribution in [0.2, 0.25) is 0 Å². The Labute approximate surface area is 163 Å². The maximum Gasteiger partial charge on any atom is 0.259 e. The Kier molecular flexibility index (Phi) is 9.08. The average Bonchev–Trinajstić information content (AvgIpc) is 2.61. The van der Waals surface area contributed by atoms with E-state index >= 15 is 0 Å². The van der Waals surface area contributed by atoms with Crippen LogP contribution in [0.3, 0.4) is 0 Å². The van der Waals surface area contributed by atoms with Gasteiger partial charge in [0.15, 0.2) is 12.6 Å². The molecule has 27 heavy (non-hydrogen) atoms. The third-order valence-electron chi connectivity index (χ3n) is 4.15. The van der Waals surface area contributed by atoms with Crippen LogP contribution in [0.1, 0.15) is 26.3 Å². The molecular weight excluding hydrogens is 344 g/mol. The zero-order valence-electron chi connectivity index (χ0n) is 17.6. The predicted octanol–water partition coefficient (Wildman–Crippen LogP) is 1.88. The van der Waals surface area contributed by atoms with Crippen LogP contribution in [-0.2, 0) is 16.1 Å². The summed E-state index contributed by atoms with van der Waals surface area (Å²) >= 11 is 0. The Morgan fingerprint density at radius 2 is 1.96 bits per heavy atom. The Hall–Kier alpha value is -2.28. The molecule has 0 fully saturated rings. The number of carbonyl (C=O) groups is 1. The van der Waals surface area contributed by atoms with Crippen molar-refractivity contribution in [2.75, 3.05) is 41.4 Å². The first kappa shape index (κ1) is 22.8. The number of benzene rings is 1. The smallest absolute Gasteiger partial charge is 0.259 e. The number of guanidine groups is 1. The third-order valence-corrected chi connectivity index (χ3v) is 4.15. The zero-order chi connectivity index (χ0) is 20.4. The molecule has 2 N–H and O–H groups in total. The lowest BCUT2D eigenvalue weighted by atomic mass is 9.89. The lowest BCUT2D eigenvalue weighted by molar-refractivity contribution is -0.130. The Balaban J connectivity index is 2.55. The maximum atomic E-state index is 11.6. The first-order valence-electron chi connectivity index (χ1n) is 9.06. The number of nitrogens with one attached hydrogen (secondary N) is 2. The van der Waals surface area contributed by atoms with Crippen molar-refractivity contribution in [3.8, 4) is 5.75 Å². The van der Waals surface area contributed by atoms with E-state index in [0.717, 1.165) is 5.56 Å². The van der Waals surface area contributed by atoms with E-state index < -0.39 is 0 Å². The van der Waals surface area contributed by atoms with E-state index in [0.29, 0.717) is 24.8 Å². The van der Waals surface area contributed by atoms with Gasteiger partial charge in [-0.25, -0.2) is 0 Å². The molecule has 1 atom stereocenters. The quantitative estimate of drug-likeness (QED) is 0.534. The van der Waals surface area contributed by atoms with Crippen molar-refractivity contribution in [1.82, 2.24) is 15.5 Å². The number of aliphatic imine (C=N–C) groups is 1. The first-order chi connectivity index (χ1) is 12.7. The number of nitrogens with zero attached hydrogens (tertiary/aromatic N) is 2. The van der Waals surface area contributed by atoms with Crippen LogP contribution in [0.25, 0.3) is 0 Å². The molecule has 7 heteroatoms. The molecule has 0 aromatic heterocycles. The molecular formula is C20H34N4O3. The van der Waals surface area contributed by atoms with Gasteiger partial charge in [0.25, 0.3) is 5.91 Å². The number of likely N-dealkylation sites (N-methyl/N-ethyl adjacent to an activating group) is 1. The fourth-order valence-corrected chi connectivity index (χ4v) is 2.36. The minimum absolute atomic E-state index is 0.0261. The molecule has 1 unspecified atom stereocenters. The minimum atomic E-state index is -0.0744. The summed E-state index contributed by atoms with van der Waals surface area (Å²) in [6.07, 6.45) is 0.0713. The average molecular weight is 379 g/mol. The van der Waals surface area contributed by atoms with Crippen LogP contribution < -0.4 is 15.4 Å². The number of ether oxygens (including phenoxy) is 2. The van der Waals surface area contributed by atoms with E-state index in [9.17, 15) is 4.79 Å². The molecule has 1 aromatic carbocycles. The van der Waals surface area contributed by atoms with E-state index in [1.54, 1.807) is 28.3 Å². The van der Waals surface area contributed by atoms with Crippen molar-refractivity contribution in [1.29, 1.82) is 0 Å².